The molecule has 2 aliphatic heterocycles. The Labute approximate surface area is 108 Å². The molecule has 1 saturated carbocycles. The monoisotopic (exact) mass is 250 g/mol. The molecule has 0 radical (unpaired) electrons. The van der Waals surface area contributed by atoms with Crippen molar-refractivity contribution >= 4 is 11.8 Å². The van der Waals surface area contributed by atoms with E-state index in [0.29, 0.717) is 19.0 Å². The van der Waals surface area contributed by atoms with Crippen molar-refractivity contribution in [2.45, 2.75) is 51.0 Å². The Hall–Kier alpha value is -1.06. The summed E-state index contributed by atoms with van der Waals surface area (Å²) in [6.45, 7) is 1.58. The molecule has 3 fully saturated rings. The minimum Gasteiger partial charge on any atom is -0.356 e. The van der Waals surface area contributed by atoms with Gasteiger partial charge >= 0.3 is 0 Å². The summed E-state index contributed by atoms with van der Waals surface area (Å²) in [5.41, 5.74) is 0. The van der Waals surface area contributed by atoms with Gasteiger partial charge < -0.3 is 10.2 Å². The molecule has 100 valence electrons. The van der Waals surface area contributed by atoms with Gasteiger partial charge in [0.25, 0.3) is 0 Å². The summed E-state index contributed by atoms with van der Waals surface area (Å²) in [4.78, 5) is 26.1. The summed E-state index contributed by atoms with van der Waals surface area (Å²) in [6.07, 6.45) is 7.38. The summed E-state index contributed by atoms with van der Waals surface area (Å²) in [5.74, 6) is 0.972. The maximum Gasteiger partial charge on any atom is 0.226 e. The Bertz CT molecular complexity index is 356. The van der Waals surface area contributed by atoms with Crippen LogP contribution < -0.4 is 5.32 Å². The highest BCUT2D eigenvalue weighted by atomic mass is 16.2. The lowest BCUT2D eigenvalue weighted by atomic mass is 9.89. The largest absolute Gasteiger partial charge is 0.356 e. The minimum atomic E-state index is -0.0573. The van der Waals surface area contributed by atoms with Crippen LogP contribution in [-0.2, 0) is 9.59 Å². The average molecular weight is 250 g/mol. The Balaban J connectivity index is 1.69. The van der Waals surface area contributed by atoms with Crippen molar-refractivity contribution in [3.63, 3.8) is 0 Å². The van der Waals surface area contributed by atoms with Gasteiger partial charge in [0.05, 0.1) is 0 Å². The van der Waals surface area contributed by atoms with Crippen molar-refractivity contribution in [2.24, 2.45) is 11.8 Å². The van der Waals surface area contributed by atoms with Crippen LogP contribution in [0.4, 0.5) is 0 Å². The van der Waals surface area contributed by atoms with E-state index in [-0.39, 0.29) is 17.7 Å². The maximum atomic E-state index is 12.6. The molecule has 1 N–H and O–H groups in total. The first-order valence-electron chi connectivity index (χ1n) is 7.33. The summed E-state index contributed by atoms with van der Waals surface area (Å²) in [7, 11) is 0. The lowest BCUT2D eigenvalue weighted by molar-refractivity contribution is -0.144. The van der Waals surface area contributed by atoms with Crippen LogP contribution >= 0.6 is 0 Å². The number of nitrogens with one attached hydrogen (secondary N) is 1. The van der Waals surface area contributed by atoms with Crippen LogP contribution in [-0.4, -0.2) is 35.8 Å². The van der Waals surface area contributed by atoms with E-state index in [4.69, 9.17) is 0 Å². The Kier molecular flexibility index (Phi) is 3.27. The Morgan fingerprint density at radius 2 is 2.00 bits per heavy atom. The molecule has 2 saturated heterocycles. The Morgan fingerprint density at radius 3 is 2.83 bits per heavy atom. The van der Waals surface area contributed by atoms with Gasteiger partial charge in [0, 0.05) is 31.5 Å². The first-order valence-corrected chi connectivity index (χ1v) is 7.33. The molecule has 3 rings (SSSR count). The quantitative estimate of drug-likeness (QED) is 0.762. The molecule has 2 heterocycles. The smallest absolute Gasteiger partial charge is 0.226 e. The van der Waals surface area contributed by atoms with Crippen molar-refractivity contribution in [1.29, 1.82) is 0 Å². The molecular formula is C14H22N2O2. The third kappa shape index (κ3) is 2.13. The fourth-order valence-corrected chi connectivity index (χ4v) is 3.96. The molecule has 0 bridgehead atoms. The zero-order valence-corrected chi connectivity index (χ0v) is 10.9. The molecule has 0 aromatic heterocycles. The number of rotatable bonds is 1. The summed E-state index contributed by atoms with van der Waals surface area (Å²) >= 11 is 0. The normalized spacial score (nSPS) is 36.1. The SMILES string of the molecule is O=C1CC(C(=O)N2CCCC3CCCC32)CCN1. The second-order valence-electron chi connectivity index (χ2n) is 5.97. The maximum absolute atomic E-state index is 12.6. The molecule has 2 amide bonds. The lowest BCUT2D eigenvalue weighted by Gasteiger charge is -2.40. The van der Waals surface area contributed by atoms with Crippen LogP contribution in [0.25, 0.3) is 0 Å². The second kappa shape index (κ2) is 4.90. The third-order valence-corrected chi connectivity index (χ3v) is 4.87. The number of hydrogen-bond donors (Lipinski definition) is 1. The summed E-state index contributed by atoms with van der Waals surface area (Å²) in [5, 5.41) is 2.81. The average Bonchev–Trinajstić information content (AvgIpc) is 2.86. The van der Waals surface area contributed by atoms with Gasteiger partial charge in [-0.2, -0.15) is 0 Å². The van der Waals surface area contributed by atoms with Crippen LogP contribution in [0.15, 0.2) is 0 Å². The summed E-state index contributed by atoms with van der Waals surface area (Å²) in [6, 6.07) is 0.483. The van der Waals surface area contributed by atoms with Crippen molar-refractivity contribution in [3.05, 3.63) is 0 Å². The zero-order chi connectivity index (χ0) is 12.5. The van der Waals surface area contributed by atoms with E-state index < -0.39 is 0 Å². The summed E-state index contributed by atoms with van der Waals surface area (Å²) < 4.78 is 0. The van der Waals surface area contributed by atoms with E-state index >= 15 is 0 Å². The number of nitrogens with zero attached hydrogens (tertiary/aromatic N) is 1. The van der Waals surface area contributed by atoms with Crippen molar-refractivity contribution in [3.8, 4) is 0 Å². The van der Waals surface area contributed by atoms with Gasteiger partial charge in [-0.3, -0.25) is 9.59 Å². The fourth-order valence-electron chi connectivity index (χ4n) is 3.96. The van der Waals surface area contributed by atoms with Crippen LogP contribution in [0.1, 0.15) is 44.9 Å². The number of carbonyl (C=O) groups is 2. The van der Waals surface area contributed by atoms with Crippen LogP contribution in [0, 0.1) is 11.8 Å². The second-order valence-corrected chi connectivity index (χ2v) is 5.97. The van der Waals surface area contributed by atoms with E-state index in [1.165, 1.54) is 25.7 Å². The van der Waals surface area contributed by atoms with Crippen LogP contribution in [0.2, 0.25) is 0 Å². The third-order valence-electron chi connectivity index (χ3n) is 4.87. The number of carbonyl (C=O) groups excluding carboxylic acids is 2. The van der Waals surface area contributed by atoms with Crippen molar-refractivity contribution < 1.29 is 9.59 Å². The van der Waals surface area contributed by atoms with E-state index in [1.807, 2.05) is 0 Å². The zero-order valence-electron chi connectivity index (χ0n) is 10.9. The first-order chi connectivity index (χ1) is 8.75. The van der Waals surface area contributed by atoms with Gasteiger partial charge in [-0.1, -0.05) is 6.42 Å². The highest BCUT2D eigenvalue weighted by molar-refractivity contribution is 5.87. The predicted molar refractivity (Wildman–Crippen MR) is 67.8 cm³/mol. The molecule has 0 aromatic carbocycles. The fraction of sp³-hybridized carbons (Fsp3) is 0.857. The minimum absolute atomic E-state index is 0.0413. The standard InChI is InChI=1S/C14H22N2O2/c17-13-9-11(6-7-15-13)14(18)16-8-2-4-10-3-1-5-12(10)16/h10-12H,1-9H2,(H,15,17). The van der Waals surface area contributed by atoms with E-state index in [1.54, 1.807) is 0 Å². The molecule has 18 heavy (non-hydrogen) atoms. The van der Waals surface area contributed by atoms with Crippen molar-refractivity contribution in [2.75, 3.05) is 13.1 Å². The molecular weight excluding hydrogens is 228 g/mol. The van der Waals surface area contributed by atoms with Gasteiger partial charge in [-0.05, 0) is 38.0 Å². The topological polar surface area (TPSA) is 49.4 Å². The number of amides is 2. The van der Waals surface area contributed by atoms with Gasteiger partial charge in [0.15, 0.2) is 0 Å². The molecule has 4 heteroatoms. The van der Waals surface area contributed by atoms with Gasteiger partial charge in [0.2, 0.25) is 11.8 Å². The van der Waals surface area contributed by atoms with Crippen LogP contribution in [0.3, 0.4) is 0 Å². The number of piperidine rings is 2. The molecule has 4 nitrogen and oxygen atoms in total. The molecule has 3 unspecified atom stereocenters. The molecule has 0 aromatic rings. The molecule has 3 aliphatic rings. The highest BCUT2D eigenvalue weighted by Crippen LogP contribution is 2.37. The molecule has 1 aliphatic carbocycles. The van der Waals surface area contributed by atoms with Gasteiger partial charge in [-0.25, -0.2) is 0 Å². The van der Waals surface area contributed by atoms with E-state index in [2.05, 4.69) is 10.2 Å². The van der Waals surface area contributed by atoms with Gasteiger partial charge in [0.1, 0.15) is 0 Å². The number of hydrogen-bond acceptors (Lipinski definition) is 2. The first kappa shape index (κ1) is 12.0. The number of fused-ring (bicyclic) bond motifs is 1. The van der Waals surface area contributed by atoms with Gasteiger partial charge in [-0.15, -0.1) is 0 Å². The van der Waals surface area contributed by atoms with Crippen LogP contribution in [0.5, 0.6) is 0 Å². The van der Waals surface area contributed by atoms with E-state index in [9.17, 15) is 9.59 Å². The van der Waals surface area contributed by atoms with E-state index in [0.717, 1.165) is 25.3 Å². The van der Waals surface area contributed by atoms with Crippen molar-refractivity contribution in [1.82, 2.24) is 10.2 Å². The molecule has 3 atom stereocenters. The lowest BCUT2D eigenvalue weighted by Crippen LogP contribution is -2.50. The Morgan fingerprint density at radius 1 is 1.17 bits per heavy atom. The highest BCUT2D eigenvalue weighted by Gasteiger charge is 2.40. The molecule has 0 spiro atoms. The predicted octanol–water partition coefficient (Wildman–Crippen LogP) is 1.30. The number of likely N-dealkylation sites (tertiary alicyclic amines) is 1.